The summed E-state index contributed by atoms with van der Waals surface area (Å²) in [5, 5.41) is 4.40. The Balaban J connectivity index is 1.88. The number of primary amides is 1. The largest absolute Gasteiger partial charge is 0.366 e. The molecule has 0 bridgehead atoms. The van der Waals surface area contributed by atoms with Crippen LogP contribution in [0.5, 0.6) is 0 Å². The second-order valence-electron chi connectivity index (χ2n) is 4.24. The van der Waals surface area contributed by atoms with Crippen molar-refractivity contribution in [2.75, 3.05) is 0 Å². The number of rotatable bonds is 6. The number of hydrogen-bond donors (Lipinski definition) is 2. The fraction of sp³-hybridized carbons (Fsp3) is 0.286. The van der Waals surface area contributed by atoms with E-state index in [1.54, 1.807) is 17.4 Å². The topological polar surface area (TPSA) is 68.0 Å². The van der Waals surface area contributed by atoms with Gasteiger partial charge in [0.2, 0.25) is 5.91 Å². The first-order valence-corrected chi connectivity index (χ1v) is 7.03. The first-order valence-electron chi connectivity index (χ1n) is 6.22. The van der Waals surface area contributed by atoms with Crippen LogP contribution in [0, 0.1) is 0 Å². The molecule has 0 aliphatic carbocycles. The van der Waals surface area contributed by atoms with Gasteiger partial charge in [-0.15, -0.1) is 11.3 Å². The molecule has 100 valence electrons. The van der Waals surface area contributed by atoms with E-state index < -0.39 is 5.91 Å². The molecule has 0 aliphatic rings. The molecule has 4 nitrogen and oxygen atoms in total. The van der Waals surface area contributed by atoms with Gasteiger partial charge in [0.05, 0.1) is 0 Å². The SMILES string of the molecule is CCc1cnc(CNCc2cccc(C(N)=O)c2)s1. The minimum Gasteiger partial charge on any atom is -0.366 e. The van der Waals surface area contributed by atoms with Crippen molar-refractivity contribution in [1.29, 1.82) is 0 Å². The molecule has 0 saturated heterocycles. The van der Waals surface area contributed by atoms with Crippen molar-refractivity contribution in [2.24, 2.45) is 5.73 Å². The molecule has 0 unspecified atom stereocenters. The van der Waals surface area contributed by atoms with Crippen LogP contribution in [0.2, 0.25) is 0 Å². The molecule has 19 heavy (non-hydrogen) atoms. The molecule has 1 heterocycles. The smallest absolute Gasteiger partial charge is 0.248 e. The number of nitrogens with one attached hydrogen (secondary N) is 1. The number of hydrogen-bond acceptors (Lipinski definition) is 4. The Kier molecular flexibility index (Phi) is 4.65. The minimum absolute atomic E-state index is 0.394. The van der Waals surface area contributed by atoms with E-state index in [-0.39, 0.29) is 0 Å². The Morgan fingerprint density at radius 3 is 2.95 bits per heavy atom. The number of thiazole rings is 1. The lowest BCUT2D eigenvalue weighted by Crippen LogP contribution is -2.14. The third-order valence-corrected chi connectivity index (χ3v) is 3.91. The average Bonchev–Trinajstić information content (AvgIpc) is 2.87. The molecule has 3 N–H and O–H groups in total. The Morgan fingerprint density at radius 2 is 2.26 bits per heavy atom. The minimum atomic E-state index is -0.394. The Hall–Kier alpha value is -1.72. The van der Waals surface area contributed by atoms with Crippen LogP contribution in [0.25, 0.3) is 0 Å². The third kappa shape index (κ3) is 3.87. The quantitative estimate of drug-likeness (QED) is 0.848. The highest BCUT2D eigenvalue weighted by Crippen LogP contribution is 2.13. The van der Waals surface area contributed by atoms with Gasteiger partial charge in [0.25, 0.3) is 0 Å². The summed E-state index contributed by atoms with van der Waals surface area (Å²) in [5.74, 6) is -0.394. The van der Waals surface area contributed by atoms with E-state index in [9.17, 15) is 4.79 Å². The van der Waals surface area contributed by atoms with Crippen LogP contribution in [-0.4, -0.2) is 10.9 Å². The summed E-state index contributed by atoms with van der Waals surface area (Å²) < 4.78 is 0. The number of nitrogens with zero attached hydrogens (tertiary/aromatic N) is 1. The highest BCUT2D eigenvalue weighted by atomic mass is 32.1. The lowest BCUT2D eigenvalue weighted by atomic mass is 10.1. The van der Waals surface area contributed by atoms with Gasteiger partial charge in [-0.1, -0.05) is 19.1 Å². The van der Waals surface area contributed by atoms with Crippen LogP contribution in [0.1, 0.15) is 32.7 Å². The van der Waals surface area contributed by atoms with Crippen LogP contribution in [0.4, 0.5) is 0 Å². The lowest BCUT2D eigenvalue weighted by molar-refractivity contribution is 0.1000. The first-order chi connectivity index (χ1) is 9.19. The van der Waals surface area contributed by atoms with E-state index >= 15 is 0 Å². The molecule has 1 aromatic heterocycles. The highest BCUT2D eigenvalue weighted by molar-refractivity contribution is 7.11. The molecule has 0 atom stereocenters. The molecule has 2 aromatic rings. The molecule has 0 aliphatic heterocycles. The molecule has 0 spiro atoms. The van der Waals surface area contributed by atoms with Crippen LogP contribution in [-0.2, 0) is 19.5 Å². The summed E-state index contributed by atoms with van der Waals surface area (Å²) in [6.07, 6.45) is 2.95. The second-order valence-corrected chi connectivity index (χ2v) is 5.44. The fourth-order valence-corrected chi connectivity index (χ4v) is 2.57. The van der Waals surface area contributed by atoms with Crippen molar-refractivity contribution in [3.63, 3.8) is 0 Å². The van der Waals surface area contributed by atoms with Gasteiger partial charge in [-0.2, -0.15) is 0 Å². The van der Waals surface area contributed by atoms with Gasteiger partial charge in [0.15, 0.2) is 0 Å². The van der Waals surface area contributed by atoms with Gasteiger partial charge in [-0.05, 0) is 24.1 Å². The number of benzene rings is 1. The van der Waals surface area contributed by atoms with E-state index in [0.29, 0.717) is 12.1 Å². The zero-order valence-corrected chi connectivity index (χ0v) is 11.7. The van der Waals surface area contributed by atoms with Crippen molar-refractivity contribution in [3.8, 4) is 0 Å². The number of aromatic nitrogens is 1. The molecule has 0 fully saturated rings. The summed E-state index contributed by atoms with van der Waals surface area (Å²) in [6, 6.07) is 7.35. The maximum absolute atomic E-state index is 11.1. The van der Waals surface area contributed by atoms with Crippen LogP contribution >= 0.6 is 11.3 Å². The first kappa shape index (κ1) is 13.7. The Labute approximate surface area is 116 Å². The van der Waals surface area contributed by atoms with Gasteiger partial charge >= 0.3 is 0 Å². The number of amides is 1. The monoisotopic (exact) mass is 275 g/mol. The van der Waals surface area contributed by atoms with Crippen molar-refractivity contribution < 1.29 is 4.79 Å². The van der Waals surface area contributed by atoms with E-state index in [2.05, 4.69) is 17.2 Å². The van der Waals surface area contributed by atoms with E-state index in [1.807, 2.05) is 24.4 Å². The Bertz CT molecular complexity index is 565. The van der Waals surface area contributed by atoms with Crippen LogP contribution in [0.15, 0.2) is 30.5 Å². The Morgan fingerprint density at radius 1 is 1.42 bits per heavy atom. The molecule has 0 radical (unpaired) electrons. The zero-order chi connectivity index (χ0) is 13.7. The molecule has 5 heteroatoms. The normalized spacial score (nSPS) is 10.6. The maximum Gasteiger partial charge on any atom is 0.248 e. The number of nitrogens with two attached hydrogens (primary N) is 1. The fourth-order valence-electron chi connectivity index (χ4n) is 1.74. The predicted octanol–water partition coefficient (Wildman–Crippen LogP) is 2.09. The summed E-state index contributed by atoms with van der Waals surface area (Å²) in [6.45, 7) is 3.56. The lowest BCUT2D eigenvalue weighted by Gasteiger charge is -2.04. The maximum atomic E-state index is 11.1. The van der Waals surface area contributed by atoms with Gasteiger partial charge in [-0.3, -0.25) is 4.79 Å². The van der Waals surface area contributed by atoms with Crippen molar-refractivity contribution in [1.82, 2.24) is 10.3 Å². The average molecular weight is 275 g/mol. The van der Waals surface area contributed by atoms with E-state index in [1.165, 1.54) is 4.88 Å². The van der Waals surface area contributed by atoms with Gasteiger partial charge in [0.1, 0.15) is 5.01 Å². The molecule has 0 saturated carbocycles. The van der Waals surface area contributed by atoms with Crippen molar-refractivity contribution >= 4 is 17.2 Å². The van der Waals surface area contributed by atoms with Gasteiger partial charge in [0, 0.05) is 29.7 Å². The molecular formula is C14H17N3OS. The number of carbonyl (C=O) groups is 1. The van der Waals surface area contributed by atoms with Crippen LogP contribution in [0.3, 0.4) is 0 Å². The predicted molar refractivity (Wildman–Crippen MR) is 77.0 cm³/mol. The second kappa shape index (κ2) is 6.45. The zero-order valence-electron chi connectivity index (χ0n) is 10.8. The van der Waals surface area contributed by atoms with Crippen molar-refractivity contribution in [3.05, 3.63) is 51.5 Å². The molecular weight excluding hydrogens is 258 g/mol. The van der Waals surface area contributed by atoms with Gasteiger partial charge in [-0.25, -0.2) is 4.98 Å². The highest BCUT2D eigenvalue weighted by Gasteiger charge is 2.02. The summed E-state index contributed by atoms with van der Waals surface area (Å²) in [7, 11) is 0. The van der Waals surface area contributed by atoms with E-state index in [4.69, 9.17) is 5.73 Å². The number of aryl methyl sites for hydroxylation is 1. The summed E-state index contributed by atoms with van der Waals surface area (Å²) >= 11 is 1.73. The number of carbonyl (C=O) groups excluding carboxylic acids is 1. The standard InChI is InChI=1S/C14H17N3OS/c1-2-12-8-17-13(19-12)9-16-7-10-4-3-5-11(6-10)14(15)18/h3-6,8,16H,2,7,9H2,1H3,(H2,15,18). The van der Waals surface area contributed by atoms with E-state index in [0.717, 1.165) is 23.5 Å². The third-order valence-electron chi connectivity index (χ3n) is 2.77. The summed E-state index contributed by atoms with van der Waals surface area (Å²) in [4.78, 5) is 16.7. The van der Waals surface area contributed by atoms with Crippen molar-refractivity contribution in [2.45, 2.75) is 26.4 Å². The summed E-state index contributed by atoms with van der Waals surface area (Å²) in [5.41, 5.74) is 6.84. The molecule has 1 amide bonds. The molecule has 1 aromatic carbocycles. The molecule has 2 rings (SSSR count). The van der Waals surface area contributed by atoms with Gasteiger partial charge < -0.3 is 11.1 Å². The van der Waals surface area contributed by atoms with Crippen LogP contribution < -0.4 is 11.1 Å².